The summed E-state index contributed by atoms with van der Waals surface area (Å²) in [6, 6.07) is 5.62. The minimum absolute atomic E-state index is 0.0488. The monoisotopic (exact) mass is 279 g/mol. The van der Waals surface area contributed by atoms with Crippen LogP contribution < -0.4 is 10.1 Å². The number of rotatable bonds is 5. The number of ether oxygens (including phenoxy) is 2. The van der Waals surface area contributed by atoms with Crippen LogP contribution in [-0.2, 0) is 9.53 Å². The number of amides is 1. The van der Waals surface area contributed by atoms with E-state index in [1.807, 2.05) is 59.7 Å². The lowest BCUT2D eigenvalue weighted by Crippen LogP contribution is -2.27. The van der Waals surface area contributed by atoms with Crippen LogP contribution in [0.3, 0.4) is 0 Å². The Hall–Kier alpha value is -1.55. The van der Waals surface area contributed by atoms with Gasteiger partial charge in [0.1, 0.15) is 12.4 Å². The molecule has 112 valence electrons. The number of aryl methyl sites for hydroxylation is 1. The van der Waals surface area contributed by atoms with E-state index in [9.17, 15) is 4.79 Å². The summed E-state index contributed by atoms with van der Waals surface area (Å²) in [4.78, 5) is 11.8. The highest BCUT2D eigenvalue weighted by molar-refractivity contribution is 5.92. The Labute approximate surface area is 121 Å². The molecule has 4 nitrogen and oxygen atoms in total. The Morgan fingerprint density at radius 3 is 2.45 bits per heavy atom. The molecule has 1 rings (SSSR count). The molecule has 1 amide bonds. The van der Waals surface area contributed by atoms with Crippen LogP contribution in [0.1, 0.15) is 40.2 Å². The second kappa shape index (κ2) is 6.75. The average molecular weight is 279 g/mol. The molecule has 0 bridgehead atoms. The Bertz CT molecular complexity index is 461. The van der Waals surface area contributed by atoms with Gasteiger partial charge in [0, 0.05) is 5.69 Å². The fourth-order valence-corrected chi connectivity index (χ4v) is 1.59. The van der Waals surface area contributed by atoms with Crippen molar-refractivity contribution in [2.45, 2.75) is 53.2 Å². The second-order valence-electron chi connectivity index (χ2n) is 6.09. The zero-order valence-electron chi connectivity index (χ0n) is 13.2. The van der Waals surface area contributed by atoms with Gasteiger partial charge in [-0.2, -0.15) is 0 Å². The van der Waals surface area contributed by atoms with Crippen LogP contribution in [0, 0.1) is 6.92 Å². The summed E-state index contributed by atoms with van der Waals surface area (Å²) in [5, 5.41) is 2.84. The van der Waals surface area contributed by atoms with Gasteiger partial charge in [-0.3, -0.25) is 4.79 Å². The van der Waals surface area contributed by atoms with E-state index in [0.717, 1.165) is 17.0 Å². The van der Waals surface area contributed by atoms with E-state index >= 15 is 0 Å². The molecule has 0 fully saturated rings. The smallest absolute Gasteiger partial charge is 0.250 e. The lowest BCUT2D eigenvalue weighted by molar-refractivity contribution is -0.125. The molecule has 0 radical (unpaired) electrons. The van der Waals surface area contributed by atoms with Crippen LogP contribution >= 0.6 is 0 Å². The van der Waals surface area contributed by atoms with Gasteiger partial charge < -0.3 is 14.8 Å². The molecule has 0 spiro atoms. The molecule has 1 N–H and O–H groups in total. The molecule has 0 aliphatic heterocycles. The van der Waals surface area contributed by atoms with Gasteiger partial charge in [-0.25, -0.2) is 0 Å². The van der Waals surface area contributed by atoms with E-state index in [1.165, 1.54) is 0 Å². The lowest BCUT2D eigenvalue weighted by Gasteiger charge is -2.19. The summed E-state index contributed by atoms with van der Waals surface area (Å²) in [7, 11) is 0. The number of nitrogens with one attached hydrogen (secondary N) is 1. The van der Waals surface area contributed by atoms with Crippen molar-refractivity contribution in [3.8, 4) is 5.75 Å². The Balaban J connectivity index is 2.62. The highest BCUT2D eigenvalue weighted by atomic mass is 16.5. The standard InChI is InChI=1S/C16H25NO3/c1-11(2)20-13-7-8-14(12(3)9-13)17-15(18)10-19-16(4,5)6/h7-9,11H,10H2,1-6H3,(H,17,18). The Kier molecular flexibility index (Phi) is 5.57. The first-order valence-electron chi connectivity index (χ1n) is 6.88. The number of carbonyl (C=O) groups is 1. The first kappa shape index (κ1) is 16.5. The summed E-state index contributed by atoms with van der Waals surface area (Å²) in [5.41, 5.74) is 1.43. The van der Waals surface area contributed by atoms with Gasteiger partial charge in [-0.05, 0) is 65.3 Å². The number of anilines is 1. The summed E-state index contributed by atoms with van der Waals surface area (Å²) in [6.45, 7) is 11.7. The van der Waals surface area contributed by atoms with E-state index < -0.39 is 0 Å². The normalized spacial score (nSPS) is 11.6. The van der Waals surface area contributed by atoms with Crippen molar-refractivity contribution < 1.29 is 14.3 Å². The summed E-state index contributed by atoms with van der Waals surface area (Å²) >= 11 is 0. The highest BCUT2D eigenvalue weighted by Gasteiger charge is 2.13. The van der Waals surface area contributed by atoms with Crippen LogP contribution in [0.25, 0.3) is 0 Å². The van der Waals surface area contributed by atoms with E-state index in [4.69, 9.17) is 9.47 Å². The first-order valence-corrected chi connectivity index (χ1v) is 6.88. The molecule has 0 heterocycles. The van der Waals surface area contributed by atoms with Crippen molar-refractivity contribution in [3.05, 3.63) is 23.8 Å². The summed E-state index contributed by atoms with van der Waals surface area (Å²) < 4.78 is 11.1. The van der Waals surface area contributed by atoms with Gasteiger partial charge >= 0.3 is 0 Å². The van der Waals surface area contributed by atoms with Gasteiger partial charge in [0.05, 0.1) is 11.7 Å². The Morgan fingerprint density at radius 1 is 1.30 bits per heavy atom. The van der Waals surface area contributed by atoms with E-state index in [2.05, 4.69) is 5.32 Å². The van der Waals surface area contributed by atoms with Gasteiger partial charge in [0.15, 0.2) is 0 Å². The zero-order valence-corrected chi connectivity index (χ0v) is 13.2. The van der Waals surface area contributed by atoms with E-state index in [-0.39, 0.29) is 24.2 Å². The maximum atomic E-state index is 11.8. The average Bonchev–Trinajstić information content (AvgIpc) is 2.28. The molecule has 0 saturated heterocycles. The molecule has 0 aliphatic rings. The van der Waals surface area contributed by atoms with Crippen LogP contribution in [0.4, 0.5) is 5.69 Å². The van der Waals surface area contributed by atoms with Crippen molar-refractivity contribution in [2.75, 3.05) is 11.9 Å². The van der Waals surface area contributed by atoms with Crippen molar-refractivity contribution in [2.24, 2.45) is 0 Å². The van der Waals surface area contributed by atoms with Gasteiger partial charge in [-0.15, -0.1) is 0 Å². The second-order valence-corrected chi connectivity index (χ2v) is 6.09. The van der Waals surface area contributed by atoms with Crippen LogP contribution in [0.15, 0.2) is 18.2 Å². The van der Waals surface area contributed by atoms with Gasteiger partial charge in [-0.1, -0.05) is 0 Å². The van der Waals surface area contributed by atoms with Crippen molar-refractivity contribution in [1.82, 2.24) is 0 Å². The predicted octanol–water partition coefficient (Wildman–Crippen LogP) is 3.54. The van der Waals surface area contributed by atoms with Crippen LogP contribution in [0.2, 0.25) is 0 Å². The summed E-state index contributed by atoms with van der Waals surface area (Å²) in [6.07, 6.45) is 0.134. The third kappa shape index (κ3) is 6.06. The van der Waals surface area contributed by atoms with Gasteiger partial charge in [0.2, 0.25) is 5.91 Å². The predicted molar refractivity (Wildman–Crippen MR) is 81.3 cm³/mol. The summed E-state index contributed by atoms with van der Waals surface area (Å²) in [5.74, 6) is 0.655. The molecular formula is C16H25NO3. The van der Waals surface area contributed by atoms with E-state index in [1.54, 1.807) is 0 Å². The fourth-order valence-electron chi connectivity index (χ4n) is 1.59. The third-order valence-electron chi connectivity index (χ3n) is 2.48. The third-order valence-corrected chi connectivity index (χ3v) is 2.48. The van der Waals surface area contributed by atoms with Crippen molar-refractivity contribution >= 4 is 11.6 Å². The molecule has 0 saturated carbocycles. The Morgan fingerprint density at radius 2 is 1.95 bits per heavy atom. The first-order chi connectivity index (χ1) is 9.17. The molecular weight excluding hydrogens is 254 g/mol. The number of carbonyl (C=O) groups excluding carboxylic acids is 1. The van der Waals surface area contributed by atoms with Crippen molar-refractivity contribution in [3.63, 3.8) is 0 Å². The number of hydrogen-bond donors (Lipinski definition) is 1. The molecule has 0 atom stereocenters. The van der Waals surface area contributed by atoms with Crippen LogP contribution in [0.5, 0.6) is 5.75 Å². The minimum Gasteiger partial charge on any atom is -0.491 e. The van der Waals surface area contributed by atoms with Gasteiger partial charge in [0.25, 0.3) is 0 Å². The van der Waals surface area contributed by atoms with Crippen LogP contribution in [-0.4, -0.2) is 24.2 Å². The quantitative estimate of drug-likeness (QED) is 0.897. The van der Waals surface area contributed by atoms with Crippen molar-refractivity contribution in [1.29, 1.82) is 0 Å². The zero-order chi connectivity index (χ0) is 15.3. The largest absolute Gasteiger partial charge is 0.491 e. The maximum Gasteiger partial charge on any atom is 0.250 e. The topological polar surface area (TPSA) is 47.6 Å². The maximum absolute atomic E-state index is 11.8. The molecule has 4 heteroatoms. The molecule has 1 aromatic rings. The molecule has 1 aromatic carbocycles. The fraction of sp³-hybridized carbons (Fsp3) is 0.562. The molecule has 0 aromatic heterocycles. The number of benzene rings is 1. The minimum atomic E-state index is -0.318. The SMILES string of the molecule is Cc1cc(OC(C)C)ccc1NC(=O)COC(C)(C)C. The molecule has 20 heavy (non-hydrogen) atoms. The number of hydrogen-bond acceptors (Lipinski definition) is 3. The highest BCUT2D eigenvalue weighted by Crippen LogP contribution is 2.22. The molecule has 0 unspecified atom stereocenters. The lowest BCUT2D eigenvalue weighted by atomic mass is 10.2. The van der Waals surface area contributed by atoms with E-state index in [0.29, 0.717) is 0 Å². The molecule has 0 aliphatic carbocycles.